The minimum absolute atomic E-state index is 0.305. The number of alkyl halides is 3. The normalized spacial score (nSPS) is 16.8. The molecule has 8 heteroatoms. The van der Waals surface area contributed by atoms with E-state index < -0.39 is 29.5 Å². The van der Waals surface area contributed by atoms with Gasteiger partial charge in [0.2, 0.25) is 0 Å². The number of fused-ring (bicyclic) bond motifs is 2. The van der Waals surface area contributed by atoms with Crippen molar-refractivity contribution in [2.24, 2.45) is 0 Å². The molecule has 1 unspecified atom stereocenters. The number of para-hydroxylation sites is 2. The summed E-state index contributed by atoms with van der Waals surface area (Å²) in [6.07, 6.45) is -5.48. The molecule has 3 heterocycles. The second-order valence-electron chi connectivity index (χ2n) is 12.1. The van der Waals surface area contributed by atoms with Crippen LogP contribution in [0.4, 0.5) is 13.2 Å². The van der Waals surface area contributed by atoms with Gasteiger partial charge in [-0.25, -0.2) is 0 Å². The molecule has 2 aromatic heterocycles. The second kappa shape index (κ2) is 10.9. The Labute approximate surface area is 243 Å². The zero-order chi connectivity index (χ0) is 29.5. The Balaban J connectivity index is 1.43. The number of rotatable bonds is 8. The third-order valence-corrected chi connectivity index (χ3v) is 8.62. The average Bonchev–Trinajstić information content (AvgIpc) is 3.57. The third kappa shape index (κ3) is 5.46. The molecule has 0 aliphatic carbocycles. The highest BCUT2D eigenvalue weighted by molar-refractivity contribution is 5.82. The zero-order valence-electron chi connectivity index (χ0n) is 23.8. The van der Waals surface area contributed by atoms with Crippen molar-refractivity contribution < 1.29 is 23.0 Å². The van der Waals surface area contributed by atoms with Gasteiger partial charge in [-0.1, -0.05) is 74.5 Å². The number of aromatic amines is 2. The van der Waals surface area contributed by atoms with Crippen LogP contribution in [0.5, 0.6) is 0 Å². The summed E-state index contributed by atoms with van der Waals surface area (Å²) in [5.41, 5.74) is -0.288. The number of nitrogens with one attached hydrogen (secondary N) is 2. The quantitative estimate of drug-likeness (QED) is 0.182. The lowest BCUT2D eigenvalue weighted by atomic mass is 9.68. The monoisotopic (exact) mass is 575 g/mol. The van der Waals surface area contributed by atoms with Crippen LogP contribution in [0.15, 0.2) is 84.9 Å². The van der Waals surface area contributed by atoms with Gasteiger partial charge in [0.15, 0.2) is 5.60 Å². The number of morpholine rings is 1. The number of aromatic nitrogens is 2. The Morgan fingerprint density at radius 1 is 0.810 bits per heavy atom. The first kappa shape index (κ1) is 28.5. The van der Waals surface area contributed by atoms with E-state index in [1.165, 1.54) is 0 Å². The maximum absolute atomic E-state index is 15.4. The Hall–Kier alpha value is -3.59. The van der Waals surface area contributed by atoms with Crippen molar-refractivity contribution in [1.29, 1.82) is 0 Å². The van der Waals surface area contributed by atoms with Gasteiger partial charge in [-0.15, -0.1) is 0 Å². The lowest BCUT2D eigenvalue weighted by molar-refractivity contribution is -0.272. The van der Waals surface area contributed by atoms with Crippen molar-refractivity contribution in [2.75, 3.05) is 26.3 Å². The number of hydrogen-bond donors (Lipinski definition) is 3. The molecular formula is C34H36F3N3O2. The van der Waals surface area contributed by atoms with Crippen LogP contribution in [0.2, 0.25) is 0 Å². The molecule has 0 radical (unpaired) electrons. The molecule has 3 N–H and O–H groups in total. The van der Waals surface area contributed by atoms with Crippen LogP contribution >= 0.6 is 0 Å². The van der Waals surface area contributed by atoms with E-state index in [0.29, 0.717) is 42.2 Å². The average molecular weight is 576 g/mol. The van der Waals surface area contributed by atoms with Gasteiger partial charge < -0.3 is 19.8 Å². The van der Waals surface area contributed by atoms with E-state index in [1.54, 1.807) is 26.0 Å². The molecule has 1 fully saturated rings. The lowest BCUT2D eigenvalue weighted by Gasteiger charge is -2.42. The highest BCUT2D eigenvalue weighted by Crippen LogP contribution is 2.51. The van der Waals surface area contributed by atoms with Crippen molar-refractivity contribution in [3.05, 3.63) is 107 Å². The maximum atomic E-state index is 15.4. The highest BCUT2D eigenvalue weighted by Gasteiger charge is 2.61. The van der Waals surface area contributed by atoms with Crippen molar-refractivity contribution >= 4 is 21.8 Å². The molecule has 1 atom stereocenters. The first-order chi connectivity index (χ1) is 20.0. The predicted octanol–water partition coefficient (Wildman–Crippen LogP) is 7.27. The van der Waals surface area contributed by atoms with Gasteiger partial charge in [-0.3, -0.25) is 4.90 Å². The van der Waals surface area contributed by atoms with Crippen LogP contribution in [0.1, 0.15) is 48.7 Å². The fourth-order valence-corrected chi connectivity index (χ4v) is 6.43. The molecule has 0 saturated carbocycles. The minimum atomic E-state index is -4.94. The molecule has 42 heavy (non-hydrogen) atoms. The highest BCUT2D eigenvalue weighted by atomic mass is 19.4. The van der Waals surface area contributed by atoms with E-state index in [2.05, 4.69) is 14.9 Å². The summed E-state index contributed by atoms with van der Waals surface area (Å²) in [7, 11) is 0. The molecule has 5 nitrogen and oxygen atoms in total. The fraction of sp³-hybridized carbons (Fsp3) is 0.353. The molecule has 0 spiro atoms. The third-order valence-electron chi connectivity index (χ3n) is 8.62. The molecule has 0 amide bonds. The number of nitrogens with zero attached hydrogens (tertiary/aromatic N) is 1. The Bertz CT molecular complexity index is 1540. The molecule has 0 bridgehead atoms. The predicted molar refractivity (Wildman–Crippen MR) is 160 cm³/mol. The first-order valence-electron chi connectivity index (χ1n) is 14.4. The molecule has 1 saturated heterocycles. The number of H-pyrrole nitrogens is 2. The SMILES string of the molecule is CC(C)(CC(O)(C(c1cc2ccccc2[nH]1)c1cc2ccccc2[nH]1)C(F)(F)F)c1cccc(CN2CCOCC2)c1. The number of halogens is 3. The first-order valence-corrected chi connectivity index (χ1v) is 14.4. The smallest absolute Gasteiger partial charge is 0.380 e. The summed E-state index contributed by atoms with van der Waals surface area (Å²) < 4.78 is 51.6. The molecule has 6 rings (SSSR count). The minimum Gasteiger partial charge on any atom is -0.380 e. The number of hydrogen-bond acceptors (Lipinski definition) is 3. The van der Waals surface area contributed by atoms with Crippen molar-refractivity contribution in [3.63, 3.8) is 0 Å². The van der Waals surface area contributed by atoms with E-state index in [0.717, 1.165) is 35.0 Å². The molecule has 1 aliphatic rings. The number of aliphatic hydroxyl groups is 1. The summed E-state index contributed by atoms with van der Waals surface area (Å²) in [5.74, 6) is -1.42. The van der Waals surface area contributed by atoms with E-state index >= 15 is 13.2 Å². The van der Waals surface area contributed by atoms with Crippen LogP contribution < -0.4 is 0 Å². The van der Waals surface area contributed by atoms with E-state index in [1.807, 2.05) is 72.8 Å². The van der Waals surface area contributed by atoms with Crippen molar-refractivity contribution in [1.82, 2.24) is 14.9 Å². The number of ether oxygens (including phenoxy) is 1. The van der Waals surface area contributed by atoms with Crippen molar-refractivity contribution in [3.8, 4) is 0 Å². The molecule has 1 aliphatic heterocycles. The van der Waals surface area contributed by atoms with Gasteiger partial charge in [0.25, 0.3) is 0 Å². The molecular weight excluding hydrogens is 539 g/mol. The van der Waals surface area contributed by atoms with Crippen LogP contribution in [0.3, 0.4) is 0 Å². The van der Waals surface area contributed by atoms with Crippen LogP contribution in [-0.2, 0) is 16.7 Å². The zero-order valence-corrected chi connectivity index (χ0v) is 23.8. The molecule has 3 aromatic carbocycles. The van der Waals surface area contributed by atoms with Gasteiger partial charge in [-0.05, 0) is 58.0 Å². The maximum Gasteiger partial charge on any atom is 0.418 e. The van der Waals surface area contributed by atoms with Crippen molar-refractivity contribution in [2.45, 2.75) is 49.9 Å². The van der Waals surface area contributed by atoms with E-state index in [9.17, 15) is 5.11 Å². The van der Waals surface area contributed by atoms with E-state index in [4.69, 9.17) is 4.74 Å². The van der Waals surface area contributed by atoms with Crippen LogP contribution in [0.25, 0.3) is 21.8 Å². The standard InChI is InChI=1S/C34H36F3N3O2/c1-32(2,26-11-7-8-23(18-26)21-40-14-16-42-17-15-40)22-33(41,34(35,36)37)31(29-19-24-9-3-5-12-27(24)38-29)30-20-25-10-4-6-13-28(25)39-30/h3-13,18-20,31,38-39,41H,14-17,21-22H2,1-2H3. The molecule has 5 aromatic rings. The largest absolute Gasteiger partial charge is 0.418 e. The molecule has 220 valence electrons. The second-order valence-corrected chi connectivity index (χ2v) is 12.1. The Morgan fingerprint density at radius 2 is 1.38 bits per heavy atom. The lowest BCUT2D eigenvalue weighted by Crippen LogP contribution is -2.54. The topological polar surface area (TPSA) is 64.3 Å². The van der Waals surface area contributed by atoms with Gasteiger partial charge >= 0.3 is 6.18 Å². The van der Waals surface area contributed by atoms with Gasteiger partial charge in [0.1, 0.15) is 0 Å². The Morgan fingerprint density at radius 3 is 1.93 bits per heavy atom. The summed E-state index contributed by atoms with van der Waals surface area (Å²) in [6.45, 7) is 7.25. The number of benzene rings is 3. The summed E-state index contributed by atoms with van der Waals surface area (Å²) in [6, 6.07) is 25.9. The fourth-order valence-electron chi connectivity index (χ4n) is 6.43. The van der Waals surface area contributed by atoms with Gasteiger partial charge in [0, 0.05) is 42.1 Å². The Kier molecular flexibility index (Phi) is 7.41. The van der Waals surface area contributed by atoms with Crippen LogP contribution in [0, 0.1) is 0 Å². The van der Waals surface area contributed by atoms with E-state index in [-0.39, 0.29) is 0 Å². The summed E-state index contributed by atoms with van der Waals surface area (Å²) in [5, 5.41) is 13.7. The summed E-state index contributed by atoms with van der Waals surface area (Å²) in [4.78, 5) is 8.68. The van der Waals surface area contributed by atoms with Crippen LogP contribution in [-0.4, -0.2) is 58.1 Å². The van der Waals surface area contributed by atoms with Gasteiger partial charge in [-0.2, -0.15) is 13.2 Å². The summed E-state index contributed by atoms with van der Waals surface area (Å²) >= 11 is 0. The van der Waals surface area contributed by atoms with Gasteiger partial charge in [0.05, 0.1) is 19.1 Å².